The molecule has 0 aromatic heterocycles. The normalized spacial score (nSPS) is 22.2. The Morgan fingerprint density at radius 2 is 1.53 bits per heavy atom. The molecule has 0 unspecified atom stereocenters. The summed E-state index contributed by atoms with van der Waals surface area (Å²) in [5, 5.41) is 16.7. The molecule has 2 aromatic rings. The summed E-state index contributed by atoms with van der Waals surface area (Å²) in [5.74, 6) is -1.91. The van der Waals surface area contributed by atoms with Crippen molar-refractivity contribution in [2.75, 3.05) is 32.9 Å². The summed E-state index contributed by atoms with van der Waals surface area (Å²) in [7, 11) is 3.15. The molecule has 8 atom stereocenters. The number of Topliss-reactive ketones (excluding diaryl/α,β-unsaturated/α-hetero) is 1. The maximum atomic E-state index is 15.0. The summed E-state index contributed by atoms with van der Waals surface area (Å²) in [4.78, 5) is 110. The topological polar surface area (TPSA) is 189 Å². The van der Waals surface area contributed by atoms with Gasteiger partial charge in [-0.15, -0.1) is 11.8 Å². The van der Waals surface area contributed by atoms with Crippen LogP contribution in [0.1, 0.15) is 106 Å². The highest BCUT2D eigenvalue weighted by Gasteiger charge is 2.48. The highest BCUT2D eigenvalue weighted by molar-refractivity contribution is 9.10. The highest BCUT2D eigenvalue weighted by atomic mass is 79.9. The van der Waals surface area contributed by atoms with Crippen molar-refractivity contribution in [3.8, 4) is 5.75 Å². The average molecular weight is 1020 g/mol. The highest BCUT2D eigenvalue weighted by Crippen LogP contribution is 2.37. The van der Waals surface area contributed by atoms with Gasteiger partial charge in [0, 0.05) is 57.6 Å². The van der Waals surface area contributed by atoms with E-state index in [2.05, 4.69) is 26.6 Å². The van der Waals surface area contributed by atoms with Crippen LogP contribution in [0.2, 0.25) is 0 Å². The van der Waals surface area contributed by atoms with E-state index < -0.39 is 64.9 Å². The fourth-order valence-electron chi connectivity index (χ4n) is 9.17. The summed E-state index contributed by atoms with van der Waals surface area (Å²) in [6, 6.07) is 9.52. The number of hydrogen-bond donors (Lipinski definition) is 3. The minimum atomic E-state index is -1.30. The largest absolute Gasteiger partial charge is 0.507 e. The fraction of sp³-hybridized carbons (Fsp3) is 0.608. The van der Waals surface area contributed by atoms with Gasteiger partial charge in [0.25, 0.3) is 0 Å². The first-order chi connectivity index (χ1) is 31.9. The summed E-state index contributed by atoms with van der Waals surface area (Å²) in [6.45, 7) is 17.1. The summed E-state index contributed by atoms with van der Waals surface area (Å²) < 4.78 is 0.438. The first kappa shape index (κ1) is 54.2. The summed E-state index contributed by atoms with van der Waals surface area (Å²) in [6.07, 6.45) is 2.80. The number of nitrogens with one attached hydrogen (secondary N) is 2. The summed E-state index contributed by atoms with van der Waals surface area (Å²) >= 11 is 4.76. The second kappa shape index (κ2) is 22.8. The van der Waals surface area contributed by atoms with Crippen LogP contribution in [0.25, 0.3) is 0 Å². The Labute approximate surface area is 415 Å². The molecule has 68 heavy (non-hydrogen) atoms. The van der Waals surface area contributed by atoms with E-state index in [0.717, 1.165) is 5.56 Å². The van der Waals surface area contributed by atoms with Gasteiger partial charge < -0.3 is 35.3 Å². The second-order valence-electron chi connectivity index (χ2n) is 20.6. The first-order valence-corrected chi connectivity index (χ1v) is 25.7. The predicted molar refractivity (Wildman–Crippen MR) is 269 cm³/mol. The van der Waals surface area contributed by atoms with Gasteiger partial charge in [0.15, 0.2) is 5.78 Å². The monoisotopic (exact) mass is 1020 g/mol. The number of thioether (sulfide) groups is 1. The molecule has 0 aliphatic carbocycles. The van der Waals surface area contributed by atoms with Gasteiger partial charge in [0.05, 0.1) is 21.6 Å². The van der Waals surface area contributed by atoms with Crippen LogP contribution in [-0.4, -0.2) is 146 Å². The van der Waals surface area contributed by atoms with Gasteiger partial charge in [0.1, 0.15) is 35.5 Å². The Kier molecular flexibility index (Phi) is 18.1. The minimum Gasteiger partial charge on any atom is -0.507 e. The molecule has 0 spiro atoms. The molecule has 17 heteroatoms. The smallest absolute Gasteiger partial charge is 0.249 e. The van der Waals surface area contributed by atoms with Crippen LogP contribution in [0.5, 0.6) is 5.75 Å². The number of amides is 6. The quantitative estimate of drug-likeness (QED) is 0.166. The van der Waals surface area contributed by atoms with E-state index in [1.807, 2.05) is 51.1 Å². The van der Waals surface area contributed by atoms with E-state index in [1.54, 1.807) is 77.6 Å². The third kappa shape index (κ3) is 12.9. The van der Waals surface area contributed by atoms with E-state index in [0.29, 0.717) is 60.3 Å². The molecule has 3 N–H and O–H groups in total. The van der Waals surface area contributed by atoms with E-state index in [1.165, 1.54) is 27.6 Å². The molecule has 2 saturated heterocycles. The summed E-state index contributed by atoms with van der Waals surface area (Å²) in [5.41, 5.74) is -0.496. The number of aliphatic imine (C=N–C) groups is 1. The van der Waals surface area contributed by atoms with E-state index >= 15 is 0 Å². The van der Waals surface area contributed by atoms with Crippen molar-refractivity contribution in [2.45, 2.75) is 149 Å². The lowest BCUT2D eigenvalue weighted by Gasteiger charge is -2.36. The Hall–Kier alpha value is -4.77. The molecule has 3 heterocycles. The van der Waals surface area contributed by atoms with Crippen molar-refractivity contribution in [1.82, 2.24) is 30.2 Å². The van der Waals surface area contributed by atoms with Crippen LogP contribution in [0.15, 0.2) is 58.0 Å². The molecule has 0 bridgehead atoms. The van der Waals surface area contributed by atoms with Crippen molar-refractivity contribution in [1.29, 1.82) is 0 Å². The van der Waals surface area contributed by atoms with Crippen molar-refractivity contribution in [2.24, 2.45) is 22.2 Å². The van der Waals surface area contributed by atoms with Gasteiger partial charge in [0.2, 0.25) is 35.4 Å². The van der Waals surface area contributed by atoms with Crippen molar-refractivity contribution >= 4 is 74.0 Å². The number of benzene rings is 2. The molecule has 2 fully saturated rings. The molecule has 0 radical (unpaired) electrons. The molecule has 3 aliphatic rings. The zero-order chi connectivity index (χ0) is 50.4. The van der Waals surface area contributed by atoms with Gasteiger partial charge in [-0.25, -0.2) is 0 Å². The fourth-order valence-corrected chi connectivity index (χ4v) is 10.9. The van der Waals surface area contributed by atoms with E-state index in [4.69, 9.17) is 4.99 Å². The molecule has 15 nitrogen and oxygen atoms in total. The van der Waals surface area contributed by atoms with Gasteiger partial charge in [-0.05, 0) is 90.6 Å². The molecule has 3 aliphatic heterocycles. The molecule has 5 rings (SSSR count). The number of aromatic hydroxyl groups is 1. The number of ketones is 1. The number of phenols is 1. The van der Waals surface area contributed by atoms with Crippen LogP contribution in [0, 0.1) is 17.3 Å². The zero-order valence-electron chi connectivity index (χ0n) is 41.6. The second-order valence-corrected chi connectivity index (χ2v) is 22.4. The third-order valence-electron chi connectivity index (χ3n) is 13.3. The standard InChI is InChI=1S/C51H72BrN7O8S/c1-12-41(60)37-19-16-22-58(37)46(64)39(26-33-17-14-13-15-18-33)57(11)45(63)36(23-30(2)3)54-49(67)51(9)29-68-43(55-51)38-24-31(4)28-59(38)47(65)40(27-34-20-21-42(61)35(52)25-34)56(10)44(62)32(5)53-48(66)50(6,7)8/h13-15,17-18,20-21,25,30-32,36-40,61H,12,16,19,22-24,26-29H2,1-11H3,(H,53,66)(H,54,67)/t31-,32-,36+,37-,38-,39-,40-,51+/m0/s1. The Bertz CT molecular complexity index is 2240. The molecular weight excluding hydrogens is 951 g/mol. The maximum absolute atomic E-state index is 15.0. The number of rotatable bonds is 18. The van der Waals surface area contributed by atoms with E-state index in [9.17, 15) is 38.7 Å². The van der Waals surface area contributed by atoms with Crippen LogP contribution in [-0.2, 0) is 46.4 Å². The lowest BCUT2D eigenvalue weighted by molar-refractivity contribution is -0.148. The first-order valence-electron chi connectivity index (χ1n) is 23.9. The average Bonchev–Trinajstić information content (AvgIpc) is 4.05. The maximum Gasteiger partial charge on any atom is 0.249 e. The van der Waals surface area contributed by atoms with Crippen LogP contribution in [0.4, 0.5) is 0 Å². The Morgan fingerprint density at radius 3 is 2.13 bits per heavy atom. The van der Waals surface area contributed by atoms with Gasteiger partial charge >= 0.3 is 0 Å². The SMILES string of the molecule is CCC(=O)[C@@H]1CCCN1C(=O)[C@H](Cc1ccccc1)N(C)C(=O)[C@@H](CC(C)C)NC(=O)[C@@]1(C)CSC([C@@H]2C[C@H](C)CN2C(=O)[C@H](Cc2ccc(O)c(Br)c2)N(C)C(=O)[C@H](C)NC(=O)C(C)(C)C)=N1. The lowest BCUT2D eigenvalue weighted by Crippen LogP contribution is -2.58. The Balaban J connectivity index is 1.40. The number of phenolic OH excluding ortho intramolecular Hbond substituents is 1. The van der Waals surface area contributed by atoms with Crippen LogP contribution < -0.4 is 10.6 Å². The number of likely N-dealkylation sites (N-methyl/N-ethyl adjacent to an activating group) is 2. The third-order valence-corrected chi connectivity index (χ3v) is 15.3. The molecule has 0 saturated carbocycles. The van der Waals surface area contributed by atoms with Crippen molar-refractivity contribution in [3.63, 3.8) is 0 Å². The molecule has 6 amide bonds. The number of halogens is 1. The van der Waals surface area contributed by atoms with E-state index in [-0.39, 0.29) is 59.7 Å². The number of carbonyl (C=O) groups is 7. The lowest BCUT2D eigenvalue weighted by atomic mass is 9.95. The van der Waals surface area contributed by atoms with Crippen molar-refractivity contribution in [3.05, 3.63) is 64.1 Å². The minimum absolute atomic E-state index is 0.00572. The van der Waals surface area contributed by atoms with Crippen LogP contribution >= 0.6 is 27.7 Å². The number of hydrogen-bond acceptors (Lipinski definition) is 10. The number of likely N-dealkylation sites (tertiary alicyclic amines) is 2. The van der Waals surface area contributed by atoms with Crippen LogP contribution in [0.3, 0.4) is 0 Å². The number of nitrogens with zero attached hydrogens (tertiary/aromatic N) is 5. The molecule has 2 aromatic carbocycles. The van der Waals surface area contributed by atoms with Gasteiger partial charge in [-0.2, -0.15) is 0 Å². The Morgan fingerprint density at radius 1 is 0.912 bits per heavy atom. The van der Waals surface area contributed by atoms with Gasteiger partial charge in [-0.1, -0.05) is 84.9 Å². The zero-order valence-corrected chi connectivity index (χ0v) is 44.0. The molecule has 372 valence electrons. The van der Waals surface area contributed by atoms with Gasteiger partial charge in [-0.3, -0.25) is 38.6 Å². The predicted octanol–water partition coefficient (Wildman–Crippen LogP) is 5.79. The molecular formula is C51H72BrN7O8S. The van der Waals surface area contributed by atoms with Crippen molar-refractivity contribution < 1.29 is 38.7 Å². The number of carbonyl (C=O) groups excluding carboxylic acids is 7.